The first kappa shape index (κ1) is 24.0. The third-order valence-corrected chi connectivity index (χ3v) is 4.63. The molecule has 0 aromatic heterocycles. The van der Waals surface area contributed by atoms with Gasteiger partial charge in [-0.1, -0.05) is 12.1 Å². The largest absolute Gasteiger partial charge is 0.433 e. The maximum absolute atomic E-state index is 13.8. The first-order valence-electron chi connectivity index (χ1n) is 9.16. The van der Waals surface area contributed by atoms with Crippen molar-refractivity contribution in [1.29, 1.82) is 0 Å². The van der Waals surface area contributed by atoms with E-state index in [9.17, 15) is 17.6 Å². The van der Waals surface area contributed by atoms with Crippen molar-refractivity contribution in [2.75, 3.05) is 25.0 Å². The minimum absolute atomic E-state index is 0. The van der Waals surface area contributed by atoms with Crippen LogP contribution < -0.4 is 20.3 Å². The summed E-state index contributed by atoms with van der Waals surface area (Å²) in [5.74, 6) is -0.441. The fraction of sp³-hybridized carbons (Fsp3) is 0.350. The summed E-state index contributed by atoms with van der Waals surface area (Å²) in [6.07, 6.45) is 0.748. The van der Waals surface area contributed by atoms with E-state index < -0.39 is 18.2 Å². The molecule has 1 aliphatic rings. The number of alkyl halides is 2. The van der Waals surface area contributed by atoms with Gasteiger partial charge in [0.15, 0.2) is 5.96 Å². The monoisotopic (exact) mass is 538 g/mol. The molecule has 5 nitrogen and oxygen atoms in total. The van der Waals surface area contributed by atoms with Crippen molar-refractivity contribution in [2.24, 2.45) is 4.99 Å². The summed E-state index contributed by atoms with van der Waals surface area (Å²) in [4.78, 5) is 6.06. The lowest BCUT2D eigenvalue weighted by Gasteiger charge is -2.22. The van der Waals surface area contributed by atoms with Crippen LogP contribution in [0.4, 0.5) is 23.2 Å². The number of nitrogens with one attached hydrogen (secondary N) is 2. The van der Waals surface area contributed by atoms with Crippen LogP contribution in [0, 0.1) is 11.6 Å². The van der Waals surface area contributed by atoms with Gasteiger partial charge in [0.2, 0.25) is 0 Å². The third-order valence-electron chi connectivity index (χ3n) is 4.63. The summed E-state index contributed by atoms with van der Waals surface area (Å²) >= 11 is 0. The van der Waals surface area contributed by atoms with E-state index in [0.29, 0.717) is 24.7 Å². The molecule has 30 heavy (non-hydrogen) atoms. The Kier molecular flexibility index (Phi) is 9.00. The molecule has 0 spiro atoms. The first-order valence-corrected chi connectivity index (χ1v) is 9.16. The summed E-state index contributed by atoms with van der Waals surface area (Å²) in [6, 6.07) is 9.93. The standard InChI is InChI=1S/C20H22F4N4O.HI/c1-25-20(26-11-13-10-14(21)6-7-16(13)22)27-15-8-9-28(12-15)17-4-2-3-5-18(17)29-19(23)24;/h2-7,10,15,19H,8-9,11-12H2,1H3,(H2,25,26,27);1H. The van der Waals surface area contributed by atoms with E-state index >= 15 is 0 Å². The zero-order valence-electron chi connectivity index (χ0n) is 16.2. The van der Waals surface area contributed by atoms with Crippen molar-refractivity contribution in [2.45, 2.75) is 25.6 Å². The number of halogens is 5. The Morgan fingerprint density at radius 3 is 2.73 bits per heavy atom. The predicted molar refractivity (Wildman–Crippen MR) is 119 cm³/mol. The molecule has 0 radical (unpaired) electrons. The second-order valence-corrected chi connectivity index (χ2v) is 6.58. The van der Waals surface area contributed by atoms with Gasteiger partial charge in [-0.2, -0.15) is 8.78 Å². The van der Waals surface area contributed by atoms with Crippen LogP contribution in [0.5, 0.6) is 5.75 Å². The highest BCUT2D eigenvalue weighted by molar-refractivity contribution is 14.0. The van der Waals surface area contributed by atoms with Crippen LogP contribution in [0.15, 0.2) is 47.5 Å². The van der Waals surface area contributed by atoms with Gasteiger partial charge < -0.3 is 20.3 Å². The fourth-order valence-electron chi connectivity index (χ4n) is 3.26. The van der Waals surface area contributed by atoms with Crippen LogP contribution in [0.3, 0.4) is 0 Å². The molecule has 10 heteroatoms. The zero-order chi connectivity index (χ0) is 20.8. The van der Waals surface area contributed by atoms with E-state index in [4.69, 9.17) is 0 Å². The Labute approximate surface area is 189 Å². The van der Waals surface area contributed by atoms with E-state index in [1.807, 2.05) is 4.90 Å². The maximum atomic E-state index is 13.8. The van der Waals surface area contributed by atoms with Gasteiger partial charge in [0.1, 0.15) is 17.4 Å². The molecule has 0 aliphatic carbocycles. The molecule has 164 valence electrons. The van der Waals surface area contributed by atoms with E-state index in [0.717, 1.165) is 24.6 Å². The molecule has 1 aliphatic heterocycles. The molecule has 0 bridgehead atoms. The molecule has 1 heterocycles. The molecule has 2 aromatic rings. The second-order valence-electron chi connectivity index (χ2n) is 6.58. The number of guanidine groups is 1. The number of anilines is 1. The number of hydrogen-bond acceptors (Lipinski definition) is 3. The summed E-state index contributed by atoms with van der Waals surface area (Å²) < 4.78 is 56.9. The van der Waals surface area contributed by atoms with Crippen molar-refractivity contribution in [3.63, 3.8) is 0 Å². The molecule has 1 atom stereocenters. The lowest BCUT2D eigenvalue weighted by Crippen LogP contribution is -2.44. The average molecular weight is 538 g/mol. The van der Waals surface area contributed by atoms with Crippen molar-refractivity contribution in [3.05, 3.63) is 59.7 Å². The number of hydrogen-bond donors (Lipinski definition) is 2. The highest BCUT2D eigenvalue weighted by Crippen LogP contribution is 2.31. The summed E-state index contributed by atoms with van der Waals surface area (Å²) in [5, 5.41) is 6.18. The Hall–Kier alpha value is -2.24. The van der Waals surface area contributed by atoms with Crippen LogP contribution in [0.2, 0.25) is 0 Å². The molecule has 1 unspecified atom stereocenters. The molecule has 2 N–H and O–H groups in total. The zero-order valence-corrected chi connectivity index (χ0v) is 18.6. The van der Waals surface area contributed by atoms with E-state index in [2.05, 4.69) is 20.4 Å². The minimum atomic E-state index is -2.89. The van der Waals surface area contributed by atoms with E-state index in [-0.39, 0.29) is 47.9 Å². The van der Waals surface area contributed by atoms with Gasteiger partial charge in [0, 0.05) is 38.3 Å². The van der Waals surface area contributed by atoms with E-state index in [1.54, 1.807) is 25.2 Å². The highest BCUT2D eigenvalue weighted by atomic mass is 127. The molecule has 3 rings (SSSR count). The second kappa shape index (κ2) is 11.2. The molecular weight excluding hydrogens is 515 g/mol. The van der Waals surface area contributed by atoms with Crippen LogP contribution in [-0.4, -0.2) is 38.8 Å². The van der Waals surface area contributed by atoms with Gasteiger partial charge in [-0.3, -0.25) is 4.99 Å². The lowest BCUT2D eigenvalue weighted by atomic mass is 10.2. The Balaban J connectivity index is 0.00000320. The average Bonchev–Trinajstić information content (AvgIpc) is 3.15. The number of rotatable bonds is 6. The number of ether oxygens (including phenoxy) is 1. The molecule has 0 saturated carbocycles. The maximum Gasteiger partial charge on any atom is 0.387 e. The van der Waals surface area contributed by atoms with Crippen LogP contribution in [-0.2, 0) is 6.54 Å². The van der Waals surface area contributed by atoms with Crippen molar-refractivity contribution in [3.8, 4) is 5.75 Å². The topological polar surface area (TPSA) is 48.9 Å². The molecule has 1 fully saturated rings. The number of benzene rings is 2. The minimum Gasteiger partial charge on any atom is -0.433 e. The normalized spacial score (nSPS) is 16.4. The van der Waals surface area contributed by atoms with Gasteiger partial charge in [-0.15, -0.1) is 24.0 Å². The van der Waals surface area contributed by atoms with Crippen molar-refractivity contribution < 1.29 is 22.3 Å². The smallest absolute Gasteiger partial charge is 0.387 e. The summed E-state index contributed by atoms with van der Waals surface area (Å²) in [6.45, 7) is -1.61. The molecule has 2 aromatic carbocycles. The molecule has 1 saturated heterocycles. The van der Waals surface area contributed by atoms with Gasteiger partial charge >= 0.3 is 6.61 Å². The van der Waals surface area contributed by atoms with Gasteiger partial charge in [-0.25, -0.2) is 8.78 Å². The van der Waals surface area contributed by atoms with Crippen LogP contribution >= 0.6 is 24.0 Å². The molecule has 0 amide bonds. The van der Waals surface area contributed by atoms with Gasteiger partial charge in [0.25, 0.3) is 0 Å². The Bertz CT molecular complexity index is 868. The summed E-state index contributed by atoms with van der Waals surface area (Å²) in [5.41, 5.74) is 0.793. The SMILES string of the molecule is CN=C(NCc1cc(F)ccc1F)NC1CCN(c2ccccc2OC(F)F)C1.I. The predicted octanol–water partition coefficient (Wildman–Crippen LogP) is 4.13. The number of para-hydroxylation sites is 2. The number of nitrogens with zero attached hydrogens (tertiary/aromatic N) is 2. The fourth-order valence-corrected chi connectivity index (χ4v) is 3.26. The van der Waals surface area contributed by atoms with E-state index in [1.165, 1.54) is 6.07 Å². The first-order chi connectivity index (χ1) is 14.0. The Morgan fingerprint density at radius 2 is 2.00 bits per heavy atom. The van der Waals surface area contributed by atoms with Gasteiger partial charge in [-0.05, 0) is 36.8 Å². The van der Waals surface area contributed by atoms with Crippen molar-refractivity contribution >= 4 is 35.6 Å². The van der Waals surface area contributed by atoms with Crippen LogP contribution in [0.25, 0.3) is 0 Å². The lowest BCUT2D eigenvalue weighted by molar-refractivity contribution is -0.0495. The highest BCUT2D eigenvalue weighted by Gasteiger charge is 2.26. The van der Waals surface area contributed by atoms with Gasteiger partial charge in [0.05, 0.1) is 5.69 Å². The third kappa shape index (κ3) is 6.38. The number of aliphatic imine (C=N–C) groups is 1. The molecular formula is C20H23F4IN4O. The van der Waals surface area contributed by atoms with Crippen molar-refractivity contribution in [1.82, 2.24) is 10.6 Å². The summed E-state index contributed by atoms with van der Waals surface area (Å²) in [7, 11) is 1.58. The quantitative estimate of drug-likeness (QED) is 0.252. The van der Waals surface area contributed by atoms with Crippen LogP contribution in [0.1, 0.15) is 12.0 Å². The Morgan fingerprint density at radius 1 is 1.23 bits per heavy atom.